The summed E-state index contributed by atoms with van der Waals surface area (Å²) in [4.78, 5) is 18.6. The lowest BCUT2D eigenvalue weighted by Crippen LogP contribution is -2.40. The SMILES string of the molecule is CS(=O)(=O)Oc1c(F)ccc2c1COC(c1csc(C3CCN(C(=O)Cn4nc(C(F)(F)F)cc4C(F)(F)F)CC3)n1)OC2. The number of carbonyl (C=O) groups is 1. The van der Waals surface area contributed by atoms with Gasteiger partial charge >= 0.3 is 22.5 Å². The number of benzene rings is 1. The Hall–Kier alpha value is -3.29. The van der Waals surface area contributed by atoms with Crippen molar-refractivity contribution in [2.75, 3.05) is 19.3 Å². The van der Waals surface area contributed by atoms with Crippen molar-refractivity contribution in [2.24, 2.45) is 0 Å². The van der Waals surface area contributed by atoms with E-state index in [1.54, 1.807) is 5.38 Å². The second-order valence-corrected chi connectivity index (χ2v) is 12.6. The van der Waals surface area contributed by atoms with Gasteiger partial charge < -0.3 is 18.6 Å². The minimum absolute atomic E-state index is 0.0278. The van der Waals surface area contributed by atoms with Gasteiger partial charge in [-0.2, -0.15) is 39.9 Å². The fourth-order valence-corrected chi connectivity index (χ4v) is 6.30. The second kappa shape index (κ2) is 11.9. The molecule has 19 heteroatoms. The molecule has 2 aromatic heterocycles. The molecule has 0 spiro atoms. The molecule has 1 saturated heterocycles. The first-order valence-electron chi connectivity index (χ1n) is 12.9. The highest BCUT2D eigenvalue weighted by Gasteiger charge is 2.42. The summed E-state index contributed by atoms with van der Waals surface area (Å²) in [5.74, 6) is -2.29. The van der Waals surface area contributed by atoms with Crippen LogP contribution in [0, 0.1) is 5.82 Å². The van der Waals surface area contributed by atoms with Gasteiger partial charge in [-0.25, -0.2) is 9.37 Å². The maximum absolute atomic E-state index is 14.4. The summed E-state index contributed by atoms with van der Waals surface area (Å²) in [6.07, 6.45) is -9.65. The topological polar surface area (TPSA) is 113 Å². The summed E-state index contributed by atoms with van der Waals surface area (Å²) < 4.78 is 133. The van der Waals surface area contributed by atoms with Crippen LogP contribution in [0.15, 0.2) is 23.6 Å². The van der Waals surface area contributed by atoms with Crippen LogP contribution in [0.3, 0.4) is 0 Å². The van der Waals surface area contributed by atoms with E-state index in [9.17, 15) is 43.9 Å². The summed E-state index contributed by atoms with van der Waals surface area (Å²) in [5, 5.41) is 5.34. The minimum atomic E-state index is -5.14. The van der Waals surface area contributed by atoms with Crippen molar-refractivity contribution in [2.45, 2.75) is 57.2 Å². The molecule has 240 valence electrons. The van der Waals surface area contributed by atoms with Gasteiger partial charge in [0.25, 0.3) is 0 Å². The third kappa shape index (κ3) is 7.16. The number of amides is 1. The zero-order chi connectivity index (χ0) is 32.0. The Morgan fingerprint density at radius 1 is 1.09 bits per heavy atom. The van der Waals surface area contributed by atoms with Crippen LogP contribution in [0.2, 0.25) is 0 Å². The van der Waals surface area contributed by atoms with Crippen LogP contribution in [0.1, 0.15) is 58.3 Å². The number of likely N-dealkylation sites (tertiary alicyclic amines) is 1. The number of piperidine rings is 1. The molecule has 0 bridgehead atoms. The molecule has 1 atom stereocenters. The highest BCUT2D eigenvalue weighted by atomic mass is 32.2. The Labute approximate surface area is 249 Å². The third-order valence-electron chi connectivity index (χ3n) is 6.94. The Bertz CT molecular complexity index is 1650. The predicted octanol–water partition coefficient (Wildman–Crippen LogP) is 5.01. The molecule has 4 heterocycles. The molecule has 1 aromatic carbocycles. The molecule has 0 radical (unpaired) electrons. The Balaban J connectivity index is 1.20. The van der Waals surface area contributed by atoms with Crippen molar-refractivity contribution in [1.82, 2.24) is 19.7 Å². The summed E-state index contributed by atoms with van der Waals surface area (Å²) >= 11 is 1.29. The van der Waals surface area contributed by atoms with E-state index in [0.29, 0.717) is 29.1 Å². The van der Waals surface area contributed by atoms with E-state index in [4.69, 9.17) is 13.7 Å². The van der Waals surface area contributed by atoms with E-state index in [1.807, 2.05) is 0 Å². The van der Waals surface area contributed by atoms with E-state index in [1.165, 1.54) is 22.3 Å². The molecule has 3 aromatic rings. The fourth-order valence-electron chi connectivity index (χ4n) is 4.82. The molecule has 1 fully saturated rings. The number of carbonyl (C=O) groups excluding carboxylic acids is 1. The average molecular weight is 673 g/mol. The zero-order valence-electron chi connectivity index (χ0n) is 22.6. The number of halogens is 7. The normalized spacial score (nSPS) is 18.6. The Morgan fingerprint density at radius 2 is 1.77 bits per heavy atom. The molecular formula is C25H23F7N4O6S2. The van der Waals surface area contributed by atoms with Crippen molar-refractivity contribution >= 4 is 27.4 Å². The molecule has 1 unspecified atom stereocenters. The van der Waals surface area contributed by atoms with E-state index < -0.39 is 64.2 Å². The van der Waals surface area contributed by atoms with Gasteiger partial charge in [0.05, 0.1) is 24.5 Å². The number of thiazole rings is 1. The molecule has 44 heavy (non-hydrogen) atoms. The first kappa shape index (κ1) is 32.1. The van der Waals surface area contributed by atoms with Crippen molar-refractivity contribution in [3.63, 3.8) is 0 Å². The number of alkyl halides is 6. The van der Waals surface area contributed by atoms with E-state index in [0.717, 1.165) is 12.3 Å². The van der Waals surface area contributed by atoms with Crippen molar-refractivity contribution in [3.8, 4) is 5.75 Å². The lowest BCUT2D eigenvalue weighted by molar-refractivity contribution is -0.155. The monoisotopic (exact) mass is 672 g/mol. The number of aromatic nitrogens is 3. The van der Waals surface area contributed by atoms with E-state index in [2.05, 4.69) is 10.1 Å². The number of hydrogen-bond donors (Lipinski definition) is 0. The molecular weight excluding hydrogens is 649 g/mol. The summed E-state index contributed by atoms with van der Waals surface area (Å²) in [5.41, 5.74) is -2.36. The Morgan fingerprint density at radius 3 is 2.41 bits per heavy atom. The van der Waals surface area contributed by atoms with Crippen LogP contribution in [0.4, 0.5) is 30.7 Å². The van der Waals surface area contributed by atoms with E-state index in [-0.39, 0.29) is 48.5 Å². The van der Waals surface area contributed by atoms with Gasteiger partial charge in [-0.05, 0) is 24.5 Å². The Kier molecular flexibility index (Phi) is 8.69. The molecule has 0 saturated carbocycles. The number of nitrogens with zero attached hydrogens (tertiary/aromatic N) is 4. The smallest absolute Gasteiger partial charge is 0.379 e. The maximum Gasteiger partial charge on any atom is 0.435 e. The van der Waals surface area contributed by atoms with Gasteiger partial charge in [0.15, 0.2) is 17.3 Å². The van der Waals surface area contributed by atoms with Crippen LogP contribution in [0.5, 0.6) is 5.75 Å². The molecule has 1 amide bonds. The molecule has 0 aliphatic carbocycles. The maximum atomic E-state index is 14.4. The zero-order valence-corrected chi connectivity index (χ0v) is 24.2. The lowest BCUT2D eigenvalue weighted by Gasteiger charge is -2.31. The standard InChI is InChI=1S/C25H23F7N4O6S2/c1-44(38,39)42-21-15-11-41-23(40-10-14(15)2-3-16(21)26)17-12-43-22(33-17)13-4-6-35(7-5-13)20(37)9-36-19(25(30,31)32)8-18(34-36)24(27,28)29/h2-3,8,12-13,23H,4-7,9-11H2,1H3. The number of fused-ring (bicyclic) bond motifs is 1. The third-order valence-corrected chi connectivity index (χ3v) is 8.43. The predicted molar refractivity (Wildman–Crippen MR) is 137 cm³/mol. The quantitative estimate of drug-likeness (QED) is 0.266. The lowest BCUT2D eigenvalue weighted by atomic mass is 9.97. The van der Waals surface area contributed by atoms with Gasteiger partial charge in [-0.3, -0.25) is 9.48 Å². The highest BCUT2D eigenvalue weighted by Crippen LogP contribution is 2.38. The minimum Gasteiger partial charge on any atom is -0.379 e. The van der Waals surface area contributed by atoms with Gasteiger partial charge in [0.2, 0.25) is 12.2 Å². The number of ether oxygens (including phenoxy) is 2. The number of hydrogen-bond acceptors (Lipinski definition) is 9. The molecule has 2 aliphatic heterocycles. The summed E-state index contributed by atoms with van der Waals surface area (Å²) in [6.45, 7) is -1.02. The van der Waals surface area contributed by atoms with Crippen molar-refractivity contribution in [1.29, 1.82) is 0 Å². The van der Waals surface area contributed by atoms with Crippen LogP contribution >= 0.6 is 11.3 Å². The number of rotatable bonds is 6. The molecule has 10 nitrogen and oxygen atoms in total. The largest absolute Gasteiger partial charge is 0.435 e. The first-order valence-corrected chi connectivity index (χ1v) is 15.6. The summed E-state index contributed by atoms with van der Waals surface area (Å²) in [6, 6.07) is 2.37. The van der Waals surface area contributed by atoms with Gasteiger partial charge in [-0.15, -0.1) is 11.3 Å². The van der Waals surface area contributed by atoms with Gasteiger partial charge in [0, 0.05) is 36.0 Å². The highest BCUT2D eigenvalue weighted by molar-refractivity contribution is 7.86. The molecule has 5 rings (SSSR count). The van der Waals surface area contributed by atoms with Crippen LogP contribution in [0.25, 0.3) is 0 Å². The van der Waals surface area contributed by atoms with E-state index >= 15 is 0 Å². The van der Waals surface area contributed by atoms with Crippen molar-refractivity contribution < 1.29 is 57.6 Å². The fraction of sp³-hybridized carbons (Fsp3) is 0.480. The van der Waals surface area contributed by atoms with Gasteiger partial charge in [-0.1, -0.05) is 6.07 Å². The molecule has 2 aliphatic rings. The summed E-state index contributed by atoms with van der Waals surface area (Å²) in [7, 11) is -4.02. The second-order valence-electron chi connectivity index (χ2n) is 10.1. The van der Waals surface area contributed by atoms with Crippen LogP contribution < -0.4 is 4.18 Å². The van der Waals surface area contributed by atoms with Crippen LogP contribution in [-0.4, -0.2) is 53.3 Å². The average Bonchev–Trinajstić information content (AvgIpc) is 3.53. The van der Waals surface area contributed by atoms with Crippen LogP contribution in [-0.2, 0) is 56.5 Å². The molecule has 0 N–H and O–H groups in total. The first-order chi connectivity index (χ1) is 20.5. The van der Waals surface area contributed by atoms with Crippen molar-refractivity contribution in [3.05, 3.63) is 62.6 Å². The van der Waals surface area contributed by atoms with Gasteiger partial charge in [0.1, 0.15) is 17.9 Å².